The Morgan fingerprint density at radius 1 is 0.889 bits per heavy atom. The molecule has 0 radical (unpaired) electrons. The van der Waals surface area contributed by atoms with E-state index in [2.05, 4.69) is 15.6 Å². The SMILES string of the molecule is CC(C)(C)OC(=O)N[C@H]1C[C@@H](O)C1.CC(C)(C)OC(=O)N[C@H]1C[C@@H](Oc2ccc(C(F)(F)F)nc2)C1. The number of nitrogens with zero attached hydrogens (tertiary/aromatic N) is 1. The van der Waals surface area contributed by atoms with Gasteiger partial charge >= 0.3 is 18.4 Å². The molecule has 2 amide bonds. The maximum Gasteiger partial charge on any atom is 0.433 e. The summed E-state index contributed by atoms with van der Waals surface area (Å²) in [4.78, 5) is 26.1. The van der Waals surface area contributed by atoms with E-state index in [1.54, 1.807) is 20.8 Å². The molecule has 9 nitrogen and oxygen atoms in total. The lowest BCUT2D eigenvalue weighted by molar-refractivity contribution is -0.141. The molecule has 0 unspecified atom stereocenters. The van der Waals surface area contributed by atoms with Gasteiger partial charge in [0.2, 0.25) is 0 Å². The van der Waals surface area contributed by atoms with E-state index in [9.17, 15) is 22.8 Å². The number of ether oxygens (including phenoxy) is 3. The highest BCUT2D eigenvalue weighted by Crippen LogP contribution is 2.30. The lowest BCUT2D eigenvalue weighted by atomic mass is 9.89. The molecule has 1 aromatic rings. The van der Waals surface area contributed by atoms with E-state index in [1.807, 2.05) is 20.8 Å². The monoisotopic (exact) mass is 519 g/mol. The van der Waals surface area contributed by atoms with Crippen molar-refractivity contribution >= 4 is 12.2 Å². The van der Waals surface area contributed by atoms with Gasteiger partial charge in [-0.05, 0) is 66.5 Å². The first-order valence-electron chi connectivity index (χ1n) is 11.8. The van der Waals surface area contributed by atoms with Gasteiger partial charge in [-0.15, -0.1) is 0 Å². The molecule has 2 aliphatic carbocycles. The number of alkyl carbamates (subject to hydrolysis) is 2. The van der Waals surface area contributed by atoms with Gasteiger partial charge in [-0.2, -0.15) is 13.2 Å². The molecular formula is C24H36F3N3O6. The molecule has 0 spiro atoms. The van der Waals surface area contributed by atoms with Crippen LogP contribution in [0.25, 0.3) is 0 Å². The third-order valence-corrected chi connectivity index (χ3v) is 4.98. The number of aliphatic hydroxyl groups excluding tert-OH is 1. The van der Waals surface area contributed by atoms with Crippen LogP contribution in [0.5, 0.6) is 5.75 Å². The molecule has 1 aromatic heterocycles. The minimum atomic E-state index is -4.46. The van der Waals surface area contributed by atoms with Crippen molar-refractivity contribution in [2.75, 3.05) is 0 Å². The molecule has 204 valence electrons. The van der Waals surface area contributed by atoms with Crippen LogP contribution in [0.2, 0.25) is 0 Å². The Hall–Kier alpha value is -2.76. The maximum absolute atomic E-state index is 12.4. The van der Waals surface area contributed by atoms with Crippen molar-refractivity contribution in [2.24, 2.45) is 0 Å². The molecule has 3 N–H and O–H groups in total. The molecular weight excluding hydrogens is 483 g/mol. The number of halogens is 3. The maximum atomic E-state index is 12.4. The number of carbonyl (C=O) groups is 2. The summed E-state index contributed by atoms with van der Waals surface area (Å²) in [5, 5.41) is 14.4. The second kappa shape index (κ2) is 11.5. The van der Waals surface area contributed by atoms with E-state index < -0.39 is 35.3 Å². The Morgan fingerprint density at radius 3 is 1.72 bits per heavy atom. The summed E-state index contributed by atoms with van der Waals surface area (Å²) in [5.74, 6) is 0.277. The molecule has 2 saturated carbocycles. The lowest BCUT2D eigenvalue weighted by Gasteiger charge is -2.36. The third-order valence-electron chi connectivity index (χ3n) is 4.98. The number of nitrogens with one attached hydrogen (secondary N) is 2. The van der Waals surface area contributed by atoms with Crippen molar-refractivity contribution in [2.45, 2.75) is 109 Å². The third kappa shape index (κ3) is 10.9. The Balaban J connectivity index is 0.000000297. The zero-order chi connectivity index (χ0) is 27.3. The fourth-order valence-electron chi connectivity index (χ4n) is 3.24. The highest BCUT2D eigenvalue weighted by molar-refractivity contribution is 5.68. The van der Waals surface area contributed by atoms with Crippen LogP contribution in [0.4, 0.5) is 22.8 Å². The summed E-state index contributed by atoms with van der Waals surface area (Å²) in [6, 6.07) is 2.15. The minimum absolute atomic E-state index is 0.0581. The second-order valence-corrected chi connectivity index (χ2v) is 10.9. The van der Waals surface area contributed by atoms with E-state index in [0.717, 1.165) is 12.3 Å². The van der Waals surface area contributed by atoms with E-state index in [0.29, 0.717) is 25.7 Å². The summed E-state index contributed by atoms with van der Waals surface area (Å²) in [6.07, 6.45) is -2.29. The number of carbonyl (C=O) groups excluding carboxylic acids is 2. The Bertz CT molecular complexity index is 869. The first kappa shape index (κ1) is 29.5. The molecule has 1 heterocycles. The Labute approximate surface area is 209 Å². The molecule has 3 rings (SSSR count). The van der Waals surface area contributed by atoms with Gasteiger partial charge in [-0.3, -0.25) is 0 Å². The average Bonchev–Trinajstić information content (AvgIpc) is 2.62. The number of amides is 2. The topological polar surface area (TPSA) is 119 Å². The van der Waals surface area contributed by atoms with Gasteiger partial charge in [-0.1, -0.05) is 0 Å². The number of rotatable bonds is 4. The Morgan fingerprint density at radius 2 is 1.36 bits per heavy atom. The van der Waals surface area contributed by atoms with E-state index in [4.69, 9.17) is 19.3 Å². The summed E-state index contributed by atoms with van der Waals surface area (Å²) in [7, 11) is 0. The predicted molar refractivity (Wildman–Crippen MR) is 124 cm³/mol. The summed E-state index contributed by atoms with van der Waals surface area (Å²) in [5.41, 5.74) is -1.97. The van der Waals surface area contributed by atoms with E-state index >= 15 is 0 Å². The molecule has 0 bridgehead atoms. The van der Waals surface area contributed by atoms with Gasteiger partial charge in [0, 0.05) is 24.9 Å². The smallest absolute Gasteiger partial charge is 0.433 e. The van der Waals surface area contributed by atoms with Crippen LogP contribution in [0.1, 0.15) is 72.9 Å². The van der Waals surface area contributed by atoms with Crippen LogP contribution in [0.15, 0.2) is 18.3 Å². The van der Waals surface area contributed by atoms with Crippen LogP contribution in [0, 0.1) is 0 Å². The van der Waals surface area contributed by atoms with Gasteiger partial charge < -0.3 is 30.0 Å². The summed E-state index contributed by atoms with van der Waals surface area (Å²) in [6.45, 7) is 10.8. The first-order valence-corrected chi connectivity index (χ1v) is 11.8. The van der Waals surface area contributed by atoms with Gasteiger partial charge in [0.25, 0.3) is 0 Å². The molecule has 0 aliphatic heterocycles. The van der Waals surface area contributed by atoms with Gasteiger partial charge in [0.1, 0.15) is 28.7 Å². The number of aliphatic hydroxyl groups is 1. The van der Waals surface area contributed by atoms with Gasteiger partial charge in [0.15, 0.2) is 0 Å². The zero-order valence-corrected chi connectivity index (χ0v) is 21.4. The molecule has 36 heavy (non-hydrogen) atoms. The van der Waals surface area contributed by atoms with E-state index in [1.165, 1.54) is 6.07 Å². The molecule has 0 saturated heterocycles. The van der Waals surface area contributed by atoms with Gasteiger partial charge in [-0.25, -0.2) is 14.6 Å². The first-order chi connectivity index (χ1) is 16.4. The molecule has 12 heteroatoms. The average molecular weight is 520 g/mol. The summed E-state index contributed by atoms with van der Waals surface area (Å²) >= 11 is 0. The number of aromatic nitrogens is 1. The summed E-state index contributed by atoms with van der Waals surface area (Å²) < 4.78 is 52.9. The predicted octanol–water partition coefficient (Wildman–Crippen LogP) is 4.57. The number of hydrogen-bond donors (Lipinski definition) is 3. The lowest BCUT2D eigenvalue weighted by Crippen LogP contribution is -2.50. The molecule has 0 aromatic carbocycles. The fraction of sp³-hybridized carbons (Fsp3) is 0.708. The normalized spacial score (nSPS) is 23.6. The highest BCUT2D eigenvalue weighted by Gasteiger charge is 2.35. The van der Waals surface area contributed by atoms with Crippen LogP contribution in [-0.2, 0) is 15.7 Å². The minimum Gasteiger partial charge on any atom is -0.489 e. The number of alkyl halides is 3. The zero-order valence-electron chi connectivity index (χ0n) is 21.4. The number of pyridine rings is 1. The molecule has 0 atom stereocenters. The van der Waals surface area contributed by atoms with E-state index in [-0.39, 0.29) is 30.0 Å². The second-order valence-electron chi connectivity index (χ2n) is 10.9. The van der Waals surface area contributed by atoms with Crippen molar-refractivity contribution in [3.05, 3.63) is 24.0 Å². The molecule has 2 fully saturated rings. The van der Waals surface area contributed by atoms with Crippen molar-refractivity contribution < 1.29 is 42.1 Å². The standard InChI is InChI=1S/C15H19F3N2O3.C9H17NO3/c1-14(2,3)23-13(21)20-9-6-11(7-9)22-10-4-5-12(19-8-10)15(16,17)18;1-9(2,3)13-8(12)10-6-4-7(11)5-6/h4-5,8-9,11H,6-7H2,1-3H3,(H,20,21);6-7,11H,4-5H2,1-3H3,(H,10,12)/t9-,11+;6-,7+. The quantitative estimate of drug-likeness (QED) is 0.533. The van der Waals surface area contributed by atoms with Crippen LogP contribution < -0.4 is 15.4 Å². The van der Waals surface area contributed by atoms with Crippen LogP contribution in [0.3, 0.4) is 0 Å². The van der Waals surface area contributed by atoms with Crippen molar-refractivity contribution in [3.8, 4) is 5.75 Å². The van der Waals surface area contributed by atoms with Crippen LogP contribution >= 0.6 is 0 Å². The number of hydrogen-bond acceptors (Lipinski definition) is 7. The van der Waals surface area contributed by atoms with Crippen molar-refractivity contribution in [1.82, 2.24) is 15.6 Å². The Kier molecular flexibility index (Phi) is 9.44. The molecule has 2 aliphatic rings. The largest absolute Gasteiger partial charge is 0.489 e. The fourth-order valence-corrected chi connectivity index (χ4v) is 3.24. The van der Waals surface area contributed by atoms with Gasteiger partial charge in [0.05, 0.1) is 12.3 Å². The van der Waals surface area contributed by atoms with Crippen LogP contribution in [-0.4, -0.2) is 57.8 Å². The van der Waals surface area contributed by atoms with Crippen molar-refractivity contribution in [3.63, 3.8) is 0 Å². The van der Waals surface area contributed by atoms with Crippen molar-refractivity contribution in [1.29, 1.82) is 0 Å². The highest BCUT2D eigenvalue weighted by atomic mass is 19.4.